The van der Waals surface area contributed by atoms with E-state index in [2.05, 4.69) is 5.32 Å². The van der Waals surface area contributed by atoms with Gasteiger partial charge in [0.25, 0.3) is 11.8 Å². The first-order valence-electron chi connectivity index (χ1n) is 7.98. The minimum absolute atomic E-state index is 0.0679. The molecule has 0 aliphatic rings. The number of benzene rings is 2. The van der Waals surface area contributed by atoms with Crippen molar-refractivity contribution in [3.63, 3.8) is 0 Å². The highest BCUT2D eigenvalue weighted by Crippen LogP contribution is 2.11. The van der Waals surface area contributed by atoms with Crippen molar-refractivity contribution in [3.8, 4) is 0 Å². The van der Waals surface area contributed by atoms with Gasteiger partial charge in [0.05, 0.1) is 0 Å². The highest BCUT2D eigenvalue weighted by molar-refractivity contribution is 5.97. The van der Waals surface area contributed by atoms with Gasteiger partial charge in [-0.1, -0.05) is 30.3 Å². The highest BCUT2D eigenvalue weighted by Gasteiger charge is 2.16. The summed E-state index contributed by atoms with van der Waals surface area (Å²) in [6.45, 7) is 6.34. The molecule has 1 N–H and O–H groups in total. The number of carbonyl (C=O) groups is 2. The molecule has 2 rings (SSSR count). The van der Waals surface area contributed by atoms with E-state index in [9.17, 15) is 9.59 Å². The van der Waals surface area contributed by atoms with Crippen LogP contribution in [0, 0.1) is 0 Å². The molecule has 0 fully saturated rings. The van der Waals surface area contributed by atoms with Gasteiger partial charge in [-0.15, -0.1) is 0 Å². The second-order valence-corrected chi connectivity index (χ2v) is 6.93. The maximum absolute atomic E-state index is 12.5. The molecule has 0 saturated carbocycles. The summed E-state index contributed by atoms with van der Waals surface area (Å²) >= 11 is 0. The van der Waals surface area contributed by atoms with Gasteiger partial charge in [-0.3, -0.25) is 9.59 Å². The van der Waals surface area contributed by atoms with Crippen LogP contribution in [0.4, 0.5) is 0 Å². The number of hydrogen-bond acceptors (Lipinski definition) is 2. The molecule has 0 aliphatic carbocycles. The van der Waals surface area contributed by atoms with Gasteiger partial charge >= 0.3 is 0 Å². The average Bonchev–Trinajstić information content (AvgIpc) is 2.53. The number of carbonyl (C=O) groups excluding carboxylic acids is 2. The Balaban J connectivity index is 2.04. The Morgan fingerprint density at radius 1 is 0.917 bits per heavy atom. The fourth-order valence-electron chi connectivity index (χ4n) is 2.33. The van der Waals surface area contributed by atoms with E-state index in [-0.39, 0.29) is 17.4 Å². The first-order chi connectivity index (χ1) is 11.3. The summed E-state index contributed by atoms with van der Waals surface area (Å²) in [5.41, 5.74) is 1.91. The third-order valence-electron chi connectivity index (χ3n) is 3.49. The van der Waals surface area contributed by atoms with Crippen LogP contribution < -0.4 is 5.32 Å². The van der Waals surface area contributed by atoms with E-state index < -0.39 is 0 Å². The predicted molar refractivity (Wildman–Crippen MR) is 95.9 cm³/mol. The van der Waals surface area contributed by atoms with E-state index in [0.717, 1.165) is 5.56 Å². The molecule has 2 amide bonds. The number of rotatable bonds is 4. The molecule has 0 bridgehead atoms. The number of hydrogen-bond donors (Lipinski definition) is 1. The van der Waals surface area contributed by atoms with Crippen LogP contribution >= 0.6 is 0 Å². The van der Waals surface area contributed by atoms with Gasteiger partial charge in [0.15, 0.2) is 0 Å². The molecule has 0 spiro atoms. The lowest BCUT2D eigenvalue weighted by Crippen LogP contribution is -2.40. The molecule has 4 heteroatoms. The van der Waals surface area contributed by atoms with E-state index in [1.165, 1.54) is 0 Å². The molecular weight excluding hydrogens is 300 g/mol. The van der Waals surface area contributed by atoms with Gasteiger partial charge in [-0.25, -0.2) is 0 Å². The smallest absolute Gasteiger partial charge is 0.253 e. The van der Waals surface area contributed by atoms with Gasteiger partial charge < -0.3 is 10.2 Å². The van der Waals surface area contributed by atoms with Crippen LogP contribution in [0.5, 0.6) is 0 Å². The van der Waals surface area contributed by atoms with E-state index in [1.54, 1.807) is 36.2 Å². The molecule has 0 atom stereocenters. The molecule has 126 valence electrons. The minimum Gasteiger partial charge on any atom is -0.347 e. The molecule has 0 saturated heterocycles. The van der Waals surface area contributed by atoms with Gasteiger partial charge in [0.1, 0.15) is 0 Å². The van der Waals surface area contributed by atoms with Crippen molar-refractivity contribution in [1.29, 1.82) is 0 Å². The van der Waals surface area contributed by atoms with Crippen molar-refractivity contribution in [1.82, 2.24) is 10.2 Å². The maximum Gasteiger partial charge on any atom is 0.253 e. The standard InChI is InChI=1S/C20H24N2O2/c1-20(2,3)21-18(23)16-10-12-17(13-11-16)19(24)22(4)14-15-8-6-5-7-9-15/h5-13H,14H2,1-4H3,(H,21,23). The largest absolute Gasteiger partial charge is 0.347 e. The lowest BCUT2D eigenvalue weighted by Gasteiger charge is -2.21. The van der Waals surface area contributed by atoms with E-state index in [1.807, 2.05) is 51.1 Å². The van der Waals surface area contributed by atoms with Crippen molar-refractivity contribution in [2.75, 3.05) is 7.05 Å². The lowest BCUT2D eigenvalue weighted by molar-refractivity contribution is 0.0784. The second-order valence-electron chi connectivity index (χ2n) is 6.93. The quantitative estimate of drug-likeness (QED) is 0.936. The Labute approximate surface area is 143 Å². The zero-order valence-electron chi connectivity index (χ0n) is 14.7. The molecule has 0 unspecified atom stereocenters. The topological polar surface area (TPSA) is 49.4 Å². The van der Waals surface area contributed by atoms with Crippen LogP contribution in [0.2, 0.25) is 0 Å². The molecular formula is C20H24N2O2. The monoisotopic (exact) mass is 324 g/mol. The number of amides is 2. The molecule has 2 aromatic carbocycles. The Bertz CT molecular complexity index is 701. The normalized spacial score (nSPS) is 11.0. The molecule has 0 aromatic heterocycles. The van der Waals surface area contributed by atoms with Gasteiger partial charge in [0.2, 0.25) is 0 Å². The SMILES string of the molecule is CN(Cc1ccccc1)C(=O)c1ccc(C(=O)NC(C)(C)C)cc1. The maximum atomic E-state index is 12.5. The second kappa shape index (κ2) is 7.30. The van der Waals surface area contributed by atoms with Crippen LogP contribution in [-0.4, -0.2) is 29.3 Å². The molecule has 4 nitrogen and oxygen atoms in total. The van der Waals surface area contributed by atoms with Gasteiger partial charge in [0, 0.05) is 30.3 Å². The Kier molecular flexibility index (Phi) is 5.39. The molecule has 24 heavy (non-hydrogen) atoms. The minimum atomic E-state index is -0.290. The summed E-state index contributed by atoms with van der Waals surface area (Å²) in [7, 11) is 1.77. The van der Waals surface area contributed by atoms with Crippen LogP contribution in [-0.2, 0) is 6.54 Å². The fourth-order valence-corrected chi connectivity index (χ4v) is 2.33. The van der Waals surface area contributed by atoms with Crippen LogP contribution in [0.1, 0.15) is 47.1 Å². The Morgan fingerprint density at radius 2 is 1.46 bits per heavy atom. The average molecular weight is 324 g/mol. The third kappa shape index (κ3) is 4.95. The van der Waals surface area contributed by atoms with Crippen molar-refractivity contribution in [2.24, 2.45) is 0 Å². The van der Waals surface area contributed by atoms with Crippen molar-refractivity contribution in [3.05, 3.63) is 71.3 Å². The Hall–Kier alpha value is -2.62. The third-order valence-corrected chi connectivity index (χ3v) is 3.49. The van der Waals surface area contributed by atoms with Crippen LogP contribution in [0.25, 0.3) is 0 Å². The molecule has 2 aromatic rings. The summed E-state index contributed by atoms with van der Waals surface area (Å²) in [5, 5.41) is 2.91. The van der Waals surface area contributed by atoms with E-state index in [0.29, 0.717) is 17.7 Å². The highest BCUT2D eigenvalue weighted by atomic mass is 16.2. The predicted octanol–water partition coefficient (Wildman–Crippen LogP) is 3.49. The zero-order chi connectivity index (χ0) is 17.7. The van der Waals surface area contributed by atoms with Gasteiger partial charge in [-0.05, 0) is 50.6 Å². The molecule has 0 radical (unpaired) electrons. The molecule has 0 aliphatic heterocycles. The fraction of sp³-hybridized carbons (Fsp3) is 0.300. The summed E-state index contributed by atoms with van der Waals surface area (Å²) < 4.78 is 0. The van der Waals surface area contributed by atoms with Crippen molar-refractivity contribution in [2.45, 2.75) is 32.9 Å². The number of nitrogens with zero attached hydrogens (tertiary/aromatic N) is 1. The van der Waals surface area contributed by atoms with Crippen molar-refractivity contribution >= 4 is 11.8 Å². The number of nitrogens with one attached hydrogen (secondary N) is 1. The first-order valence-corrected chi connectivity index (χ1v) is 7.98. The van der Waals surface area contributed by atoms with E-state index >= 15 is 0 Å². The first kappa shape index (κ1) is 17.7. The Morgan fingerprint density at radius 3 is 2.00 bits per heavy atom. The van der Waals surface area contributed by atoms with Crippen molar-refractivity contribution < 1.29 is 9.59 Å². The lowest BCUT2D eigenvalue weighted by atomic mass is 10.1. The zero-order valence-corrected chi connectivity index (χ0v) is 14.7. The molecule has 0 heterocycles. The van der Waals surface area contributed by atoms with Crippen LogP contribution in [0.3, 0.4) is 0 Å². The summed E-state index contributed by atoms with van der Waals surface area (Å²) in [5.74, 6) is -0.208. The van der Waals surface area contributed by atoms with Crippen LogP contribution in [0.15, 0.2) is 54.6 Å². The summed E-state index contributed by atoms with van der Waals surface area (Å²) in [6, 6.07) is 16.6. The summed E-state index contributed by atoms with van der Waals surface area (Å²) in [4.78, 5) is 26.3. The summed E-state index contributed by atoms with van der Waals surface area (Å²) in [6.07, 6.45) is 0. The van der Waals surface area contributed by atoms with Gasteiger partial charge in [-0.2, -0.15) is 0 Å². The van der Waals surface area contributed by atoms with E-state index in [4.69, 9.17) is 0 Å².